The van der Waals surface area contributed by atoms with Crippen LogP contribution in [0.15, 0.2) is 54.6 Å². The van der Waals surface area contributed by atoms with Crippen LogP contribution in [0.25, 0.3) is 10.8 Å². The summed E-state index contributed by atoms with van der Waals surface area (Å²) >= 11 is 12.3. The van der Waals surface area contributed by atoms with Crippen LogP contribution in [-0.4, -0.2) is 60.1 Å². The zero-order valence-electron chi connectivity index (χ0n) is 17.0. The van der Waals surface area contributed by atoms with E-state index in [1.54, 1.807) is 11.0 Å². The molecule has 0 aliphatic carbocycles. The number of aliphatic hydroxyl groups excluding tert-OH is 1. The topological polar surface area (TPSA) is 47.0 Å². The Morgan fingerprint density at radius 1 is 0.903 bits per heavy atom. The second-order valence-corrected chi connectivity index (χ2v) is 8.95. The first-order chi connectivity index (χ1) is 15.0. The summed E-state index contributed by atoms with van der Waals surface area (Å²) in [5, 5.41) is 14.1. The van der Waals surface area contributed by atoms with E-state index in [0.29, 0.717) is 28.7 Å². The van der Waals surface area contributed by atoms with Crippen molar-refractivity contribution in [3.05, 3.63) is 75.8 Å². The third-order valence-corrected chi connectivity index (χ3v) is 6.68. The molecule has 1 unspecified atom stereocenters. The predicted molar refractivity (Wildman–Crippen MR) is 125 cm³/mol. The van der Waals surface area contributed by atoms with Crippen LogP contribution in [0, 0.1) is 0 Å². The molecule has 0 spiro atoms. The standard InChI is InChI=1S/C24H23Cl2N3O2/c25-17-13-18(26)15-19(14-17)28-10-7-27(8-11-28)9-12-29-23(30)20-5-1-3-16-4-2-6-21(22(16)20)24(29)31/h1-6,13-15,23,30H,7-12H2. The predicted octanol–water partition coefficient (Wildman–Crippen LogP) is 4.42. The lowest BCUT2D eigenvalue weighted by Crippen LogP contribution is -2.50. The lowest BCUT2D eigenvalue weighted by atomic mass is 9.93. The Hall–Kier alpha value is -2.31. The molecule has 7 heteroatoms. The summed E-state index contributed by atoms with van der Waals surface area (Å²) in [6.45, 7) is 4.65. The summed E-state index contributed by atoms with van der Waals surface area (Å²) in [4.78, 5) is 19.3. The smallest absolute Gasteiger partial charge is 0.256 e. The van der Waals surface area contributed by atoms with Crippen molar-refractivity contribution in [3.8, 4) is 0 Å². The number of nitrogens with zero attached hydrogens (tertiary/aromatic N) is 3. The highest BCUT2D eigenvalue weighted by atomic mass is 35.5. The third kappa shape index (κ3) is 3.87. The van der Waals surface area contributed by atoms with Crippen molar-refractivity contribution in [2.75, 3.05) is 44.2 Å². The van der Waals surface area contributed by atoms with Crippen LogP contribution < -0.4 is 4.90 Å². The Morgan fingerprint density at radius 3 is 2.29 bits per heavy atom. The van der Waals surface area contributed by atoms with Crippen molar-refractivity contribution >= 4 is 45.6 Å². The summed E-state index contributed by atoms with van der Waals surface area (Å²) in [6, 6.07) is 17.1. The lowest BCUT2D eigenvalue weighted by molar-refractivity contribution is 0.000973. The Kier molecular flexibility index (Phi) is 5.52. The van der Waals surface area contributed by atoms with Gasteiger partial charge < -0.3 is 14.9 Å². The third-order valence-electron chi connectivity index (χ3n) is 6.24. The average Bonchev–Trinajstić information content (AvgIpc) is 2.77. The van der Waals surface area contributed by atoms with E-state index in [1.165, 1.54) is 0 Å². The summed E-state index contributed by atoms with van der Waals surface area (Å²) < 4.78 is 0. The van der Waals surface area contributed by atoms with Gasteiger partial charge in [-0.2, -0.15) is 0 Å². The summed E-state index contributed by atoms with van der Waals surface area (Å²) in [6.07, 6.45) is -0.916. The van der Waals surface area contributed by atoms with Gasteiger partial charge in [0.1, 0.15) is 0 Å². The molecule has 1 fully saturated rings. The number of rotatable bonds is 4. The molecule has 0 radical (unpaired) electrons. The molecule has 3 aromatic carbocycles. The molecule has 0 aromatic heterocycles. The first-order valence-corrected chi connectivity index (χ1v) is 11.2. The molecule has 1 atom stereocenters. The molecule has 1 amide bonds. The number of hydrogen-bond donors (Lipinski definition) is 1. The number of anilines is 1. The minimum Gasteiger partial charge on any atom is -0.369 e. The summed E-state index contributed by atoms with van der Waals surface area (Å²) in [5.74, 6) is -0.107. The highest BCUT2D eigenvalue weighted by molar-refractivity contribution is 6.35. The van der Waals surface area contributed by atoms with Crippen LogP contribution in [0.3, 0.4) is 0 Å². The van der Waals surface area contributed by atoms with Crippen molar-refractivity contribution in [2.24, 2.45) is 0 Å². The van der Waals surface area contributed by atoms with Gasteiger partial charge in [0.25, 0.3) is 5.91 Å². The van der Waals surface area contributed by atoms with E-state index in [4.69, 9.17) is 23.2 Å². The SMILES string of the molecule is O=C1c2cccc3cccc(c23)C(O)N1CCN1CCN(c2cc(Cl)cc(Cl)c2)CC1. The van der Waals surface area contributed by atoms with E-state index in [0.717, 1.165) is 48.2 Å². The second-order valence-electron chi connectivity index (χ2n) is 8.08. The maximum atomic E-state index is 13.1. The Labute approximate surface area is 191 Å². The fourth-order valence-corrected chi connectivity index (χ4v) is 5.14. The molecule has 1 N–H and O–H groups in total. The van der Waals surface area contributed by atoms with Crippen LogP contribution in [0.5, 0.6) is 0 Å². The van der Waals surface area contributed by atoms with Crippen molar-refractivity contribution < 1.29 is 9.90 Å². The Balaban J connectivity index is 1.24. The number of carbonyl (C=O) groups excluding carboxylic acids is 1. The van der Waals surface area contributed by atoms with Crippen molar-refractivity contribution in [1.82, 2.24) is 9.80 Å². The Morgan fingerprint density at radius 2 is 1.58 bits per heavy atom. The molecule has 0 saturated carbocycles. The first kappa shape index (κ1) is 20.6. The minimum absolute atomic E-state index is 0.107. The molecule has 2 heterocycles. The van der Waals surface area contributed by atoms with Gasteiger partial charge in [-0.15, -0.1) is 0 Å². The normalized spacial score (nSPS) is 19.3. The molecule has 2 aliphatic rings. The number of carbonyl (C=O) groups is 1. The number of halogens is 2. The zero-order valence-corrected chi connectivity index (χ0v) is 18.5. The van der Waals surface area contributed by atoms with E-state index >= 15 is 0 Å². The maximum absolute atomic E-state index is 13.1. The van der Waals surface area contributed by atoms with E-state index in [9.17, 15) is 9.90 Å². The number of aliphatic hydroxyl groups is 1. The van der Waals surface area contributed by atoms with E-state index in [-0.39, 0.29) is 5.91 Å². The molecule has 0 bridgehead atoms. The number of hydrogen-bond acceptors (Lipinski definition) is 4. The largest absolute Gasteiger partial charge is 0.369 e. The van der Waals surface area contributed by atoms with Gasteiger partial charge in [0.15, 0.2) is 6.23 Å². The fourth-order valence-electron chi connectivity index (χ4n) is 4.62. The molecule has 3 aromatic rings. The molecule has 1 saturated heterocycles. The zero-order chi connectivity index (χ0) is 21.5. The number of piperazine rings is 1. The first-order valence-electron chi connectivity index (χ1n) is 10.5. The van der Waals surface area contributed by atoms with Gasteiger partial charge >= 0.3 is 0 Å². The Bertz CT molecular complexity index is 1120. The summed E-state index contributed by atoms with van der Waals surface area (Å²) in [5.41, 5.74) is 2.50. The van der Waals surface area contributed by atoms with Crippen molar-refractivity contribution in [2.45, 2.75) is 6.23 Å². The molecule has 5 rings (SSSR count). The molecule has 2 aliphatic heterocycles. The molecular weight excluding hydrogens is 433 g/mol. The van der Waals surface area contributed by atoms with Crippen LogP contribution in [0.1, 0.15) is 22.1 Å². The van der Waals surface area contributed by atoms with Crippen molar-refractivity contribution in [3.63, 3.8) is 0 Å². The average molecular weight is 456 g/mol. The summed E-state index contributed by atoms with van der Waals surface area (Å²) in [7, 11) is 0. The van der Waals surface area contributed by atoms with Gasteiger partial charge in [0.2, 0.25) is 0 Å². The second kappa shape index (κ2) is 8.32. The highest BCUT2D eigenvalue weighted by Crippen LogP contribution is 2.35. The monoisotopic (exact) mass is 455 g/mol. The van der Waals surface area contributed by atoms with Gasteiger partial charge in [0, 0.05) is 71.5 Å². The van der Waals surface area contributed by atoms with E-state index in [2.05, 4.69) is 9.80 Å². The van der Waals surface area contributed by atoms with Gasteiger partial charge in [-0.1, -0.05) is 53.5 Å². The molecule has 31 heavy (non-hydrogen) atoms. The highest BCUT2D eigenvalue weighted by Gasteiger charge is 2.32. The molecule has 5 nitrogen and oxygen atoms in total. The van der Waals surface area contributed by atoms with Gasteiger partial charge in [-0.3, -0.25) is 9.69 Å². The van der Waals surface area contributed by atoms with Crippen LogP contribution in [0.4, 0.5) is 5.69 Å². The van der Waals surface area contributed by atoms with Crippen LogP contribution in [-0.2, 0) is 0 Å². The minimum atomic E-state index is -0.916. The van der Waals surface area contributed by atoms with Crippen LogP contribution in [0.2, 0.25) is 10.0 Å². The maximum Gasteiger partial charge on any atom is 0.256 e. The van der Waals surface area contributed by atoms with E-state index < -0.39 is 6.23 Å². The van der Waals surface area contributed by atoms with Gasteiger partial charge in [-0.05, 0) is 29.7 Å². The van der Waals surface area contributed by atoms with Gasteiger partial charge in [0.05, 0.1) is 0 Å². The number of benzene rings is 3. The lowest BCUT2D eigenvalue weighted by Gasteiger charge is -2.39. The fraction of sp³-hybridized carbons (Fsp3) is 0.292. The van der Waals surface area contributed by atoms with Gasteiger partial charge in [-0.25, -0.2) is 0 Å². The van der Waals surface area contributed by atoms with Crippen molar-refractivity contribution in [1.29, 1.82) is 0 Å². The molecule has 160 valence electrons. The molecular formula is C24H23Cl2N3O2. The van der Waals surface area contributed by atoms with E-state index in [1.807, 2.05) is 48.5 Å². The quantitative estimate of drug-likeness (QED) is 0.632. The number of amides is 1. The van der Waals surface area contributed by atoms with Crippen LogP contribution >= 0.6 is 23.2 Å².